The third-order valence-corrected chi connectivity index (χ3v) is 4.70. The molecule has 134 valence electrons. The first-order valence-electron chi connectivity index (χ1n) is 8.76. The van der Waals surface area contributed by atoms with E-state index in [-0.39, 0.29) is 11.7 Å². The lowest BCUT2D eigenvalue weighted by molar-refractivity contribution is 0.606. The van der Waals surface area contributed by atoms with Crippen molar-refractivity contribution in [2.75, 3.05) is 38.0 Å². The molecule has 0 bridgehead atoms. The van der Waals surface area contributed by atoms with E-state index in [1.165, 1.54) is 6.07 Å². The van der Waals surface area contributed by atoms with Crippen LogP contribution in [0.2, 0.25) is 0 Å². The Balaban J connectivity index is 2.09. The standard InChI is InChI=1S/C23H25FN2/c1-25(2)19-13-9-17(10-14-19)23(21-7-5-6-8-22(21)24)18-11-15-20(16-12-18)26(3)4/h5-16,23H,1-4H3. The highest BCUT2D eigenvalue weighted by atomic mass is 19.1. The van der Waals surface area contributed by atoms with Gasteiger partial charge < -0.3 is 9.80 Å². The molecule has 0 amide bonds. The van der Waals surface area contributed by atoms with Crippen molar-refractivity contribution in [1.82, 2.24) is 0 Å². The van der Waals surface area contributed by atoms with Gasteiger partial charge in [-0.25, -0.2) is 4.39 Å². The van der Waals surface area contributed by atoms with Gasteiger partial charge in [0.15, 0.2) is 0 Å². The Morgan fingerprint density at radius 3 is 1.42 bits per heavy atom. The number of halogens is 1. The van der Waals surface area contributed by atoms with Crippen LogP contribution in [0.15, 0.2) is 72.8 Å². The fourth-order valence-corrected chi connectivity index (χ4v) is 3.19. The minimum atomic E-state index is -0.175. The third kappa shape index (κ3) is 3.72. The fraction of sp³-hybridized carbons (Fsp3) is 0.217. The zero-order chi connectivity index (χ0) is 18.7. The maximum Gasteiger partial charge on any atom is 0.127 e. The van der Waals surface area contributed by atoms with E-state index in [4.69, 9.17) is 0 Å². The number of hydrogen-bond acceptors (Lipinski definition) is 2. The van der Waals surface area contributed by atoms with Crippen molar-refractivity contribution in [1.29, 1.82) is 0 Å². The van der Waals surface area contributed by atoms with E-state index >= 15 is 0 Å². The average molecular weight is 348 g/mol. The lowest BCUT2D eigenvalue weighted by Gasteiger charge is -2.22. The lowest BCUT2D eigenvalue weighted by Crippen LogP contribution is -2.11. The van der Waals surface area contributed by atoms with Crippen molar-refractivity contribution >= 4 is 11.4 Å². The van der Waals surface area contributed by atoms with Crippen LogP contribution in [-0.4, -0.2) is 28.2 Å². The van der Waals surface area contributed by atoms with Crippen LogP contribution in [0.4, 0.5) is 15.8 Å². The Morgan fingerprint density at radius 2 is 1.04 bits per heavy atom. The van der Waals surface area contributed by atoms with E-state index in [1.807, 2.05) is 40.3 Å². The normalized spacial score (nSPS) is 10.8. The van der Waals surface area contributed by atoms with Crippen molar-refractivity contribution in [3.05, 3.63) is 95.3 Å². The van der Waals surface area contributed by atoms with Gasteiger partial charge in [-0.05, 0) is 47.0 Å². The highest BCUT2D eigenvalue weighted by Crippen LogP contribution is 2.34. The summed E-state index contributed by atoms with van der Waals surface area (Å²) in [4.78, 5) is 4.13. The SMILES string of the molecule is CN(C)c1ccc(C(c2ccc(N(C)C)cc2)c2ccccc2F)cc1. The lowest BCUT2D eigenvalue weighted by atomic mass is 9.84. The van der Waals surface area contributed by atoms with Gasteiger partial charge in [0.2, 0.25) is 0 Å². The summed E-state index contributed by atoms with van der Waals surface area (Å²) in [7, 11) is 8.07. The summed E-state index contributed by atoms with van der Waals surface area (Å²) in [6, 6.07) is 23.7. The summed E-state index contributed by atoms with van der Waals surface area (Å²) >= 11 is 0. The molecule has 0 unspecified atom stereocenters. The number of nitrogens with zero attached hydrogens (tertiary/aromatic N) is 2. The minimum Gasteiger partial charge on any atom is -0.378 e. The van der Waals surface area contributed by atoms with Gasteiger partial charge in [-0.2, -0.15) is 0 Å². The topological polar surface area (TPSA) is 6.48 Å². The summed E-state index contributed by atoms with van der Waals surface area (Å²) in [5.41, 5.74) is 5.12. The molecule has 0 N–H and O–H groups in total. The average Bonchev–Trinajstić information content (AvgIpc) is 2.64. The quantitative estimate of drug-likeness (QED) is 0.589. The van der Waals surface area contributed by atoms with Gasteiger partial charge in [0.1, 0.15) is 5.82 Å². The number of rotatable bonds is 5. The van der Waals surface area contributed by atoms with Crippen LogP contribution in [0.25, 0.3) is 0 Å². The zero-order valence-electron chi connectivity index (χ0n) is 15.8. The van der Waals surface area contributed by atoms with Gasteiger partial charge in [0.25, 0.3) is 0 Å². The Labute approximate surface area is 155 Å². The molecule has 3 aromatic carbocycles. The van der Waals surface area contributed by atoms with Gasteiger partial charge in [0.05, 0.1) is 0 Å². The predicted octanol–water partition coefficient (Wildman–Crippen LogP) is 5.14. The molecule has 0 atom stereocenters. The van der Waals surface area contributed by atoms with Crippen LogP contribution in [0, 0.1) is 5.82 Å². The minimum absolute atomic E-state index is 0.136. The van der Waals surface area contributed by atoms with Gasteiger partial charge in [-0.3, -0.25) is 0 Å². The van der Waals surface area contributed by atoms with Crippen LogP contribution >= 0.6 is 0 Å². The molecule has 0 saturated heterocycles. The largest absolute Gasteiger partial charge is 0.378 e. The predicted molar refractivity (Wildman–Crippen MR) is 109 cm³/mol. The van der Waals surface area contributed by atoms with Crippen LogP contribution in [0.5, 0.6) is 0 Å². The molecule has 0 saturated carbocycles. The molecule has 26 heavy (non-hydrogen) atoms. The second-order valence-electron chi connectivity index (χ2n) is 6.93. The summed E-state index contributed by atoms with van der Waals surface area (Å²) in [6.07, 6.45) is 0. The first-order chi connectivity index (χ1) is 12.5. The summed E-state index contributed by atoms with van der Waals surface area (Å²) in [6.45, 7) is 0. The van der Waals surface area contributed by atoms with Crippen LogP contribution in [0.3, 0.4) is 0 Å². The van der Waals surface area contributed by atoms with E-state index in [0.29, 0.717) is 5.56 Å². The highest BCUT2D eigenvalue weighted by molar-refractivity contribution is 5.53. The molecular formula is C23H25FN2. The second-order valence-corrected chi connectivity index (χ2v) is 6.93. The number of anilines is 2. The monoisotopic (exact) mass is 348 g/mol. The number of hydrogen-bond donors (Lipinski definition) is 0. The van der Waals surface area contributed by atoms with Crippen molar-refractivity contribution in [2.24, 2.45) is 0 Å². The first-order valence-corrected chi connectivity index (χ1v) is 8.76. The van der Waals surface area contributed by atoms with Gasteiger partial charge in [-0.15, -0.1) is 0 Å². The molecule has 3 aromatic rings. The van der Waals surface area contributed by atoms with Crippen molar-refractivity contribution in [3.63, 3.8) is 0 Å². The van der Waals surface area contributed by atoms with E-state index in [1.54, 1.807) is 6.07 Å². The fourth-order valence-electron chi connectivity index (χ4n) is 3.19. The summed E-state index contributed by atoms with van der Waals surface area (Å²) in [5.74, 6) is -0.311. The zero-order valence-corrected chi connectivity index (χ0v) is 15.8. The summed E-state index contributed by atoms with van der Waals surface area (Å²) in [5, 5.41) is 0. The van der Waals surface area contributed by atoms with Gasteiger partial charge in [0, 0.05) is 45.5 Å². The third-order valence-electron chi connectivity index (χ3n) is 4.70. The van der Waals surface area contributed by atoms with E-state index in [9.17, 15) is 4.39 Å². The molecule has 0 fully saturated rings. The molecule has 3 heteroatoms. The molecule has 0 aliphatic carbocycles. The Hall–Kier alpha value is -2.81. The van der Waals surface area contributed by atoms with Crippen molar-refractivity contribution < 1.29 is 4.39 Å². The molecular weight excluding hydrogens is 323 g/mol. The molecule has 2 nitrogen and oxygen atoms in total. The molecule has 0 radical (unpaired) electrons. The van der Waals surface area contributed by atoms with E-state index < -0.39 is 0 Å². The Morgan fingerprint density at radius 1 is 0.615 bits per heavy atom. The van der Waals surface area contributed by atoms with E-state index in [0.717, 1.165) is 22.5 Å². The van der Waals surface area contributed by atoms with Crippen LogP contribution in [0.1, 0.15) is 22.6 Å². The first kappa shape index (κ1) is 18.0. The molecule has 0 heterocycles. The van der Waals surface area contributed by atoms with Crippen molar-refractivity contribution in [3.8, 4) is 0 Å². The second kappa shape index (κ2) is 7.61. The smallest absolute Gasteiger partial charge is 0.127 e. The van der Waals surface area contributed by atoms with Crippen molar-refractivity contribution in [2.45, 2.75) is 5.92 Å². The van der Waals surface area contributed by atoms with Crippen LogP contribution in [-0.2, 0) is 0 Å². The molecule has 0 aromatic heterocycles. The van der Waals surface area contributed by atoms with E-state index in [2.05, 4.69) is 58.3 Å². The Kier molecular flexibility index (Phi) is 5.27. The van der Waals surface area contributed by atoms with Gasteiger partial charge in [-0.1, -0.05) is 42.5 Å². The molecule has 0 aliphatic heterocycles. The molecule has 0 aliphatic rings. The maximum absolute atomic E-state index is 14.6. The van der Waals surface area contributed by atoms with Gasteiger partial charge >= 0.3 is 0 Å². The summed E-state index contributed by atoms with van der Waals surface area (Å²) < 4.78 is 14.6. The highest BCUT2D eigenvalue weighted by Gasteiger charge is 2.20. The van der Waals surface area contributed by atoms with Crippen LogP contribution < -0.4 is 9.80 Å². The molecule has 0 spiro atoms. The Bertz CT molecular complexity index is 801. The number of benzene rings is 3. The molecule has 3 rings (SSSR count). The maximum atomic E-state index is 14.6.